The van der Waals surface area contributed by atoms with Gasteiger partial charge in [-0.1, -0.05) is 91.7 Å². The summed E-state index contributed by atoms with van der Waals surface area (Å²) >= 11 is 0. The largest absolute Gasteiger partial charge is 0.354 e. The Bertz CT molecular complexity index is 1700. The molecule has 236 valence electrons. The number of para-hydroxylation sites is 1. The maximum absolute atomic E-state index is 15.2. The van der Waals surface area contributed by atoms with Crippen LogP contribution in [0.2, 0.25) is 0 Å². The van der Waals surface area contributed by atoms with E-state index in [0.29, 0.717) is 17.3 Å². The highest BCUT2D eigenvalue weighted by molar-refractivity contribution is 7.92. The summed E-state index contributed by atoms with van der Waals surface area (Å²) < 4.78 is 58.9. The minimum atomic E-state index is -4.45. The Kier molecular flexibility index (Phi) is 11.4. The number of carbonyl (C=O) groups excluding carboxylic acids is 2. The normalized spacial score (nSPS) is 11.9. The lowest BCUT2D eigenvalue weighted by molar-refractivity contribution is -0.140. The molecule has 0 heterocycles. The molecule has 0 fully saturated rings. The molecule has 0 aliphatic carbocycles. The maximum Gasteiger partial charge on any atom is 0.264 e. The first-order valence-electron chi connectivity index (χ1n) is 14.8. The van der Waals surface area contributed by atoms with Gasteiger partial charge in [-0.3, -0.25) is 13.9 Å². The Balaban J connectivity index is 1.80. The van der Waals surface area contributed by atoms with Gasteiger partial charge in [-0.25, -0.2) is 17.2 Å². The van der Waals surface area contributed by atoms with E-state index >= 15 is 4.39 Å². The number of anilines is 1. The number of halogens is 2. The van der Waals surface area contributed by atoms with Crippen molar-refractivity contribution in [3.05, 3.63) is 131 Å². The SMILES string of the molecule is CCCCNC(=O)C(Cc1ccccc1)N(Cc1ccccc1F)C(=O)CN(c1ccccc1F)S(=O)(=O)c1ccc(C)cc1. The van der Waals surface area contributed by atoms with Gasteiger partial charge in [-0.2, -0.15) is 0 Å². The summed E-state index contributed by atoms with van der Waals surface area (Å²) in [6.45, 7) is 2.99. The molecule has 0 aromatic heterocycles. The van der Waals surface area contributed by atoms with Crippen LogP contribution in [-0.4, -0.2) is 44.3 Å². The van der Waals surface area contributed by atoms with Crippen LogP contribution >= 0.6 is 0 Å². The first-order chi connectivity index (χ1) is 21.6. The predicted octanol–water partition coefficient (Wildman–Crippen LogP) is 6.02. The number of unbranched alkanes of at least 4 members (excludes halogenated alkanes) is 1. The van der Waals surface area contributed by atoms with Gasteiger partial charge >= 0.3 is 0 Å². The standard InChI is InChI=1S/C35H37F2N3O4S/c1-3-4-22-38-35(42)33(23-27-12-6-5-7-13-27)39(24-28-14-8-9-15-30(28)36)34(41)25-40(32-17-11-10-16-31(32)37)45(43,44)29-20-18-26(2)19-21-29/h5-21,33H,3-4,22-25H2,1-2H3,(H,38,42). The lowest BCUT2D eigenvalue weighted by Crippen LogP contribution is -2.53. The monoisotopic (exact) mass is 633 g/mol. The molecule has 4 rings (SSSR count). The number of hydrogen-bond acceptors (Lipinski definition) is 4. The molecule has 1 N–H and O–H groups in total. The zero-order valence-electron chi connectivity index (χ0n) is 25.3. The Hall–Kier alpha value is -4.57. The van der Waals surface area contributed by atoms with Crippen molar-refractivity contribution in [2.45, 2.75) is 50.6 Å². The summed E-state index contributed by atoms with van der Waals surface area (Å²) in [7, 11) is -4.45. The molecule has 1 atom stereocenters. The zero-order chi connectivity index (χ0) is 32.4. The summed E-state index contributed by atoms with van der Waals surface area (Å²) in [6, 6.07) is 25.1. The van der Waals surface area contributed by atoms with Crippen LogP contribution in [0.4, 0.5) is 14.5 Å². The average molecular weight is 634 g/mol. The van der Waals surface area contributed by atoms with E-state index in [-0.39, 0.29) is 29.1 Å². The Morgan fingerprint density at radius 2 is 1.44 bits per heavy atom. The Morgan fingerprint density at radius 3 is 2.09 bits per heavy atom. The van der Waals surface area contributed by atoms with Gasteiger partial charge in [0.1, 0.15) is 24.2 Å². The number of rotatable bonds is 14. The third-order valence-electron chi connectivity index (χ3n) is 7.41. The summed E-state index contributed by atoms with van der Waals surface area (Å²) in [5, 5.41) is 2.88. The van der Waals surface area contributed by atoms with Crippen molar-refractivity contribution < 1.29 is 26.8 Å². The molecule has 0 radical (unpaired) electrons. The van der Waals surface area contributed by atoms with Crippen LogP contribution in [0.15, 0.2) is 108 Å². The van der Waals surface area contributed by atoms with Gasteiger partial charge in [0, 0.05) is 25.1 Å². The molecule has 4 aromatic carbocycles. The van der Waals surface area contributed by atoms with E-state index in [9.17, 15) is 22.4 Å². The molecule has 2 amide bonds. The van der Waals surface area contributed by atoms with Gasteiger partial charge in [0.05, 0.1) is 10.6 Å². The van der Waals surface area contributed by atoms with Crippen LogP contribution in [0.1, 0.15) is 36.5 Å². The second-order valence-electron chi connectivity index (χ2n) is 10.7. The Labute approximate surface area is 263 Å². The first kappa shape index (κ1) is 33.3. The van der Waals surface area contributed by atoms with Crippen molar-refractivity contribution in [3.63, 3.8) is 0 Å². The molecular formula is C35H37F2N3O4S. The van der Waals surface area contributed by atoms with Gasteiger partial charge in [0.15, 0.2) is 0 Å². The number of carbonyl (C=O) groups is 2. The van der Waals surface area contributed by atoms with Crippen molar-refractivity contribution in [3.8, 4) is 0 Å². The first-order valence-corrected chi connectivity index (χ1v) is 16.2. The van der Waals surface area contributed by atoms with E-state index in [1.807, 2.05) is 25.1 Å². The van der Waals surface area contributed by atoms with E-state index in [2.05, 4.69) is 5.32 Å². The maximum atomic E-state index is 15.2. The number of benzene rings is 4. The molecule has 0 bridgehead atoms. The van der Waals surface area contributed by atoms with E-state index in [0.717, 1.165) is 23.6 Å². The second-order valence-corrected chi connectivity index (χ2v) is 12.6. The highest BCUT2D eigenvalue weighted by Gasteiger charge is 2.35. The topological polar surface area (TPSA) is 86.8 Å². The van der Waals surface area contributed by atoms with Crippen LogP contribution in [0.5, 0.6) is 0 Å². The minimum absolute atomic E-state index is 0.0867. The summed E-state index contributed by atoms with van der Waals surface area (Å²) in [5.74, 6) is -2.70. The highest BCUT2D eigenvalue weighted by Crippen LogP contribution is 2.27. The molecule has 0 saturated heterocycles. The third-order valence-corrected chi connectivity index (χ3v) is 9.18. The summed E-state index contributed by atoms with van der Waals surface area (Å²) in [4.78, 5) is 29.1. The van der Waals surface area contributed by atoms with Crippen LogP contribution in [0, 0.1) is 18.6 Å². The molecule has 7 nitrogen and oxygen atoms in total. The lowest BCUT2D eigenvalue weighted by atomic mass is 10.0. The third kappa shape index (κ3) is 8.54. The fourth-order valence-corrected chi connectivity index (χ4v) is 6.30. The molecule has 1 unspecified atom stereocenters. The second kappa shape index (κ2) is 15.4. The van der Waals surface area contributed by atoms with Gasteiger partial charge in [-0.05, 0) is 49.2 Å². The fourth-order valence-electron chi connectivity index (χ4n) is 4.88. The predicted molar refractivity (Wildman–Crippen MR) is 171 cm³/mol. The molecular weight excluding hydrogens is 596 g/mol. The zero-order valence-corrected chi connectivity index (χ0v) is 26.1. The summed E-state index contributed by atoms with van der Waals surface area (Å²) in [5.41, 5.74) is 1.38. The van der Waals surface area contributed by atoms with Gasteiger partial charge < -0.3 is 10.2 Å². The smallest absolute Gasteiger partial charge is 0.264 e. The van der Waals surface area contributed by atoms with E-state index in [1.54, 1.807) is 37.3 Å². The van der Waals surface area contributed by atoms with Crippen molar-refractivity contribution >= 4 is 27.5 Å². The highest BCUT2D eigenvalue weighted by atomic mass is 32.2. The van der Waals surface area contributed by atoms with Crippen molar-refractivity contribution in [1.29, 1.82) is 0 Å². The number of nitrogens with one attached hydrogen (secondary N) is 1. The molecule has 0 aliphatic heterocycles. The van der Waals surface area contributed by atoms with E-state index in [4.69, 9.17) is 0 Å². The van der Waals surface area contributed by atoms with Gasteiger partial charge in [0.25, 0.3) is 10.0 Å². The number of aryl methyl sites for hydroxylation is 1. The van der Waals surface area contributed by atoms with Crippen molar-refractivity contribution in [1.82, 2.24) is 10.2 Å². The van der Waals surface area contributed by atoms with Crippen LogP contribution in [0.3, 0.4) is 0 Å². The molecule has 10 heteroatoms. The van der Waals surface area contributed by atoms with Gasteiger partial charge in [-0.15, -0.1) is 0 Å². The van der Waals surface area contributed by atoms with Crippen molar-refractivity contribution in [2.75, 3.05) is 17.4 Å². The number of nitrogens with zero attached hydrogens (tertiary/aromatic N) is 2. The van der Waals surface area contributed by atoms with Gasteiger partial charge in [0.2, 0.25) is 11.8 Å². The lowest BCUT2D eigenvalue weighted by Gasteiger charge is -2.34. The average Bonchev–Trinajstić information content (AvgIpc) is 3.03. The van der Waals surface area contributed by atoms with Crippen LogP contribution in [0.25, 0.3) is 0 Å². The number of sulfonamides is 1. The Morgan fingerprint density at radius 1 is 0.822 bits per heavy atom. The quantitative estimate of drug-likeness (QED) is 0.172. The summed E-state index contributed by atoms with van der Waals surface area (Å²) in [6.07, 6.45) is 1.63. The molecule has 0 spiro atoms. The van der Waals surface area contributed by atoms with Crippen LogP contribution in [-0.2, 0) is 32.6 Å². The van der Waals surface area contributed by atoms with Crippen molar-refractivity contribution in [2.24, 2.45) is 0 Å². The molecule has 0 aliphatic rings. The molecule has 0 saturated carbocycles. The number of amides is 2. The van der Waals surface area contributed by atoms with Crippen LogP contribution < -0.4 is 9.62 Å². The minimum Gasteiger partial charge on any atom is -0.354 e. The molecule has 4 aromatic rings. The van der Waals surface area contributed by atoms with E-state index in [1.165, 1.54) is 53.4 Å². The van der Waals surface area contributed by atoms with E-state index < -0.39 is 46.1 Å². The number of hydrogen-bond donors (Lipinski definition) is 1. The molecule has 45 heavy (non-hydrogen) atoms. The fraction of sp³-hybridized carbons (Fsp3) is 0.257.